The molecule has 3 aliphatic heterocycles. The summed E-state index contributed by atoms with van der Waals surface area (Å²) in [6, 6.07) is 23.6. The lowest BCUT2D eigenvalue weighted by Gasteiger charge is -2.41. The van der Waals surface area contributed by atoms with E-state index in [4.69, 9.17) is 10.5 Å². The molecule has 2 atom stereocenters. The molecule has 10 heteroatoms. The van der Waals surface area contributed by atoms with E-state index in [1.807, 2.05) is 60.2 Å². The van der Waals surface area contributed by atoms with Gasteiger partial charge in [0, 0.05) is 81.4 Å². The van der Waals surface area contributed by atoms with E-state index in [1.165, 1.54) is 11.1 Å². The molecule has 3 aliphatic rings. The van der Waals surface area contributed by atoms with Crippen molar-refractivity contribution in [3.63, 3.8) is 0 Å². The van der Waals surface area contributed by atoms with Crippen molar-refractivity contribution >= 4 is 17.8 Å². The third-order valence-electron chi connectivity index (χ3n) is 12.2. The van der Waals surface area contributed by atoms with Crippen molar-refractivity contribution in [3.05, 3.63) is 117 Å². The fraction of sp³-hybridized carbons (Fsp3) is 0.457. The molecule has 7 rings (SSSR count). The summed E-state index contributed by atoms with van der Waals surface area (Å²) in [6.45, 7) is 12.7. The molecule has 1 fully saturated rings. The average Bonchev–Trinajstić information content (AvgIpc) is 3.52. The van der Waals surface area contributed by atoms with Crippen LogP contribution in [0.15, 0.2) is 72.8 Å². The minimum absolute atomic E-state index is 0.0132. The van der Waals surface area contributed by atoms with E-state index in [0.717, 1.165) is 98.5 Å². The fourth-order valence-corrected chi connectivity index (χ4v) is 8.88. The van der Waals surface area contributed by atoms with Gasteiger partial charge in [-0.3, -0.25) is 14.5 Å². The lowest BCUT2D eigenvalue weighted by atomic mass is 9.84. The van der Waals surface area contributed by atoms with E-state index < -0.39 is 12.1 Å². The molecule has 0 saturated carbocycles. The van der Waals surface area contributed by atoms with Crippen LogP contribution in [0, 0.1) is 6.92 Å². The Labute approximate surface area is 332 Å². The van der Waals surface area contributed by atoms with Crippen LogP contribution in [0.5, 0.6) is 0 Å². The number of rotatable bonds is 12. The highest BCUT2D eigenvalue weighted by Gasteiger charge is 2.36. The number of hydrogen-bond donors (Lipinski definition) is 1. The predicted molar refractivity (Wildman–Crippen MR) is 221 cm³/mol. The van der Waals surface area contributed by atoms with Crippen LogP contribution in [-0.4, -0.2) is 101 Å². The van der Waals surface area contributed by atoms with Crippen LogP contribution >= 0.6 is 0 Å². The van der Waals surface area contributed by atoms with Gasteiger partial charge in [-0.15, -0.1) is 0 Å². The highest BCUT2D eigenvalue weighted by molar-refractivity contribution is 5.97. The number of urea groups is 1. The maximum absolute atomic E-state index is 14.8. The van der Waals surface area contributed by atoms with Gasteiger partial charge in [0.1, 0.15) is 0 Å². The lowest BCUT2D eigenvalue weighted by Crippen LogP contribution is -2.52. The van der Waals surface area contributed by atoms with Crippen LogP contribution in [0.1, 0.15) is 99.8 Å². The van der Waals surface area contributed by atoms with Crippen LogP contribution < -0.4 is 5.73 Å². The smallest absolute Gasteiger partial charge is 0.315 e. The van der Waals surface area contributed by atoms with Gasteiger partial charge in [-0.2, -0.15) is 0 Å². The number of morpholine rings is 1. The molecule has 0 spiro atoms. The largest absolute Gasteiger partial charge is 0.379 e. The van der Waals surface area contributed by atoms with Crippen molar-refractivity contribution in [3.8, 4) is 11.3 Å². The van der Waals surface area contributed by atoms with Gasteiger partial charge in [-0.25, -0.2) is 4.79 Å². The number of benzene rings is 3. The van der Waals surface area contributed by atoms with Gasteiger partial charge >= 0.3 is 6.03 Å². The van der Waals surface area contributed by atoms with E-state index in [9.17, 15) is 14.4 Å². The summed E-state index contributed by atoms with van der Waals surface area (Å²) >= 11 is 0. The van der Waals surface area contributed by atoms with E-state index >= 15 is 0 Å². The molecule has 296 valence electrons. The zero-order valence-corrected chi connectivity index (χ0v) is 33.6. The van der Waals surface area contributed by atoms with Crippen LogP contribution in [0.25, 0.3) is 11.3 Å². The minimum atomic E-state index is -0.522. The Morgan fingerprint density at radius 2 is 1.52 bits per heavy atom. The summed E-state index contributed by atoms with van der Waals surface area (Å²) in [5.41, 5.74) is 15.6. The van der Waals surface area contributed by atoms with Crippen LogP contribution in [-0.2, 0) is 31.2 Å². The number of aromatic nitrogens is 1. The van der Waals surface area contributed by atoms with Crippen molar-refractivity contribution in [2.24, 2.45) is 12.8 Å². The standard InChI is InChI=1S/C46H58N6O4/c1-5-7-20-50(21-8-6-2)45(54)40-29-42(48(4)32(40)3)38-15-11-12-16-39(38)43-41-28-35(18-17-33(41)19-22-51(43)46(47)55)44(53)52-30-36-14-10-9-13-34(36)27-37(52)31-49-23-25-56-26-24-49/h9-18,28-29,37,43H,5-8,19-27,30-31H2,1-4H3,(H2,47,55)/t37-,43?/m0/s1. The van der Waals surface area contributed by atoms with Crippen molar-refractivity contribution in [1.29, 1.82) is 0 Å². The summed E-state index contributed by atoms with van der Waals surface area (Å²) in [6.07, 6.45) is 5.41. The third-order valence-corrected chi connectivity index (χ3v) is 12.2. The van der Waals surface area contributed by atoms with Crippen molar-refractivity contribution in [1.82, 2.24) is 24.2 Å². The first-order valence-corrected chi connectivity index (χ1v) is 20.6. The van der Waals surface area contributed by atoms with Crippen LogP contribution in [0.3, 0.4) is 0 Å². The molecule has 0 aliphatic carbocycles. The van der Waals surface area contributed by atoms with Crippen molar-refractivity contribution in [2.45, 2.75) is 77.9 Å². The predicted octanol–water partition coefficient (Wildman–Crippen LogP) is 6.97. The number of nitrogens with zero attached hydrogens (tertiary/aromatic N) is 5. The molecule has 1 aromatic heterocycles. The number of nitrogens with two attached hydrogens (primary N) is 1. The first kappa shape index (κ1) is 39.3. The van der Waals surface area contributed by atoms with Crippen molar-refractivity contribution in [2.75, 3.05) is 52.5 Å². The molecule has 2 N–H and O–H groups in total. The molecular formula is C46H58N6O4. The second-order valence-electron chi connectivity index (χ2n) is 15.7. The first-order chi connectivity index (χ1) is 27.2. The first-order valence-electron chi connectivity index (χ1n) is 20.6. The number of unbranched alkanes of at least 4 members (excludes halogenated alkanes) is 2. The van der Waals surface area contributed by atoms with Gasteiger partial charge in [0.2, 0.25) is 0 Å². The Morgan fingerprint density at radius 3 is 2.23 bits per heavy atom. The van der Waals surface area contributed by atoms with Gasteiger partial charge in [0.25, 0.3) is 11.8 Å². The van der Waals surface area contributed by atoms with E-state index in [0.29, 0.717) is 43.9 Å². The SMILES string of the molecule is CCCCN(CCCC)C(=O)c1cc(-c2ccccc2C2c3cc(C(=O)N4Cc5ccccc5C[C@H]4CN4CCOCC4)ccc3CCN2C(N)=O)n(C)c1C. The number of fused-ring (bicyclic) bond motifs is 2. The zero-order chi connectivity index (χ0) is 39.3. The molecule has 10 nitrogen and oxygen atoms in total. The highest BCUT2D eigenvalue weighted by atomic mass is 16.5. The maximum Gasteiger partial charge on any atom is 0.315 e. The maximum atomic E-state index is 14.8. The molecule has 56 heavy (non-hydrogen) atoms. The van der Waals surface area contributed by atoms with E-state index in [2.05, 4.69) is 59.7 Å². The molecule has 1 saturated heterocycles. The van der Waals surface area contributed by atoms with Gasteiger partial charge in [-0.1, -0.05) is 81.3 Å². The monoisotopic (exact) mass is 758 g/mol. The Bertz CT molecular complexity index is 2040. The Hall–Kier alpha value is -4.93. The molecule has 1 unspecified atom stereocenters. The summed E-state index contributed by atoms with van der Waals surface area (Å²) in [5, 5.41) is 0. The normalized spacial score (nSPS) is 18.4. The summed E-state index contributed by atoms with van der Waals surface area (Å²) in [5.74, 6) is 0.0432. The van der Waals surface area contributed by atoms with E-state index in [1.54, 1.807) is 4.90 Å². The van der Waals surface area contributed by atoms with Gasteiger partial charge in [0.05, 0.1) is 24.8 Å². The number of ether oxygens (including phenoxy) is 1. The number of carbonyl (C=O) groups is 3. The fourth-order valence-electron chi connectivity index (χ4n) is 8.88. The Morgan fingerprint density at radius 1 is 0.821 bits per heavy atom. The Kier molecular flexibility index (Phi) is 12.3. The molecule has 4 heterocycles. The quantitative estimate of drug-likeness (QED) is 0.168. The molecule has 0 radical (unpaired) electrons. The lowest BCUT2D eigenvalue weighted by molar-refractivity contribution is 0.0192. The molecule has 3 aromatic carbocycles. The van der Waals surface area contributed by atoms with Crippen molar-refractivity contribution < 1.29 is 19.1 Å². The number of hydrogen-bond acceptors (Lipinski definition) is 5. The average molecular weight is 759 g/mol. The van der Waals surface area contributed by atoms with Crippen LogP contribution in [0.4, 0.5) is 4.79 Å². The summed E-state index contributed by atoms with van der Waals surface area (Å²) in [4.78, 5) is 50.3. The van der Waals surface area contributed by atoms with Gasteiger partial charge in [0.15, 0.2) is 0 Å². The minimum Gasteiger partial charge on any atom is -0.379 e. The van der Waals surface area contributed by atoms with E-state index in [-0.39, 0.29) is 17.9 Å². The second kappa shape index (κ2) is 17.5. The summed E-state index contributed by atoms with van der Waals surface area (Å²) in [7, 11) is 2.00. The molecule has 4 amide bonds. The zero-order valence-electron chi connectivity index (χ0n) is 33.6. The van der Waals surface area contributed by atoms with Gasteiger partial charge < -0.3 is 29.7 Å². The molecular weight excluding hydrogens is 701 g/mol. The van der Waals surface area contributed by atoms with Crippen LogP contribution in [0.2, 0.25) is 0 Å². The highest BCUT2D eigenvalue weighted by Crippen LogP contribution is 2.41. The topological polar surface area (TPSA) is 104 Å². The second-order valence-corrected chi connectivity index (χ2v) is 15.7. The van der Waals surface area contributed by atoms with Gasteiger partial charge in [-0.05, 0) is 78.6 Å². The molecule has 4 aromatic rings. The molecule has 0 bridgehead atoms. The summed E-state index contributed by atoms with van der Waals surface area (Å²) < 4.78 is 7.72. The Balaban J connectivity index is 1.26. The number of primary amides is 1. The number of amides is 4. The third kappa shape index (κ3) is 8.00. The number of carbonyl (C=O) groups excluding carboxylic acids is 3.